The van der Waals surface area contributed by atoms with E-state index in [0.717, 1.165) is 27.7 Å². The molecule has 7 heteroatoms. The van der Waals surface area contributed by atoms with Crippen molar-refractivity contribution in [2.45, 2.75) is 0 Å². The average molecular weight is 419 g/mol. The highest BCUT2D eigenvalue weighted by Gasteiger charge is 2.10. The lowest BCUT2D eigenvalue weighted by molar-refractivity contribution is 0.355. The number of aromatic nitrogens is 2. The third-order valence-corrected chi connectivity index (χ3v) is 4.73. The summed E-state index contributed by atoms with van der Waals surface area (Å²) in [7, 11) is 3.19. The van der Waals surface area contributed by atoms with Crippen LogP contribution in [-0.2, 0) is 0 Å². The maximum Gasteiger partial charge on any atom is 0.244 e. The summed E-state index contributed by atoms with van der Waals surface area (Å²) in [5.74, 6) is 1.68. The van der Waals surface area contributed by atoms with Gasteiger partial charge in [-0.2, -0.15) is 5.10 Å². The van der Waals surface area contributed by atoms with Crippen molar-refractivity contribution in [3.05, 3.63) is 77.3 Å². The predicted molar refractivity (Wildman–Crippen MR) is 121 cm³/mol. The maximum absolute atomic E-state index is 6.20. The first kappa shape index (κ1) is 19.7. The molecule has 0 saturated carbocycles. The lowest BCUT2D eigenvalue weighted by Gasteiger charge is -2.09. The van der Waals surface area contributed by atoms with Crippen molar-refractivity contribution in [1.29, 1.82) is 0 Å². The van der Waals surface area contributed by atoms with E-state index in [1.54, 1.807) is 20.4 Å². The summed E-state index contributed by atoms with van der Waals surface area (Å²) in [5, 5.41) is 5.79. The van der Waals surface area contributed by atoms with Gasteiger partial charge in [0.25, 0.3) is 0 Å². The summed E-state index contributed by atoms with van der Waals surface area (Å²) in [4.78, 5) is 9.22. The molecule has 0 aliphatic rings. The number of halogens is 1. The quantitative estimate of drug-likeness (QED) is 0.335. The molecule has 1 aromatic heterocycles. The van der Waals surface area contributed by atoms with E-state index in [1.807, 2.05) is 66.7 Å². The number of fused-ring (bicyclic) bond motifs is 1. The van der Waals surface area contributed by atoms with Gasteiger partial charge in [0.05, 0.1) is 31.6 Å². The second-order valence-corrected chi connectivity index (χ2v) is 6.84. The molecule has 0 radical (unpaired) electrons. The van der Waals surface area contributed by atoms with Gasteiger partial charge in [-0.3, -0.25) is 0 Å². The first-order valence-corrected chi connectivity index (χ1v) is 9.59. The third-order valence-electron chi connectivity index (χ3n) is 4.49. The van der Waals surface area contributed by atoms with Crippen LogP contribution in [0, 0.1) is 0 Å². The molecule has 6 nitrogen and oxygen atoms in total. The van der Waals surface area contributed by atoms with Gasteiger partial charge in [-0.15, -0.1) is 0 Å². The van der Waals surface area contributed by atoms with Gasteiger partial charge in [0.1, 0.15) is 0 Å². The highest BCUT2D eigenvalue weighted by Crippen LogP contribution is 2.29. The molecule has 150 valence electrons. The molecule has 0 amide bonds. The van der Waals surface area contributed by atoms with Crippen LogP contribution in [0.5, 0.6) is 11.5 Å². The zero-order valence-corrected chi connectivity index (χ0v) is 17.2. The first-order valence-electron chi connectivity index (χ1n) is 9.22. The Labute approximate surface area is 179 Å². The van der Waals surface area contributed by atoms with Crippen LogP contribution >= 0.6 is 11.6 Å². The summed E-state index contributed by atoms with van der Waals surface area (Å²) >= 11 is 6.20. The summed E-state index contributed by atoms with van der Waals surface area (Å²) in [5.41, 5.74) is 6.29. The van der Waals surface area contributed by atoms with Crippen LogP contribution in [0.1, 0.15) is 5.56 Å². The highest BCUT2D eigenvalue weighted by molar-refractivity contribution is 6.31. The minimum Gasteiger partial charge on any atom is -0.493 e. The molecule has 0 aliphatic heterocycles. The Morgan fingerprint density at radius 3 is 2.47 bits per heavy atom. The third kappa shape index (κ3) is 4.18. The fourth-order valence-corrected chi connectivity index (χ4v) is 3.24. The summed E-state index contributed by atoms with van der Waals surface area (Å²) in [6, 6.07) is 21.0. The molecule has 0 bridgehead atoms. The molecular formula is C23H19ClN4O2. The van der Waals surface area contributed by atoms with Gasteiger partial charge in [0, 0.05) is 16.0 Å². The number of ether oxygens (including phenoxy) is 2. The van der Waals surface area contributed by atoms with Gasteiger partial charge in [-0.05, 0) is 42.0 Å². The Bertz CT molecular complexity index is 1210. The maximum atomic E-state index is 6.20. The van der Waals surface area contributed by atoms with Gasteiger partial charge in [0.2, 0.25) is 5.95 Å². The molecule has 0 aliphatic carbocycles. The molecule has 0 fully saturated rings. The first-order chi connectivity index (χ1) is 14.7. The van der Waals surface area contributed by atoms with E-state index in [-0.39, 0.29) is 0 Å². The Hall–Kier alpha value is -3.64. The molecule has 30 heavy (non-hydrogen) atoms. The molecule has 1 heterocycles. The van der Waals surface area contributed by atoms with E-state index in [2.05, 4.69) is 20.5 Å². The number of anilines is 1. The van der Waals surface area contributed by atoms with Crippen LogP contribution in [0.2, 0.25) is 5.02 Å². The number of methoxy groups -OCH3 is 2. The van der Waals surface area contributed by atoms with E-state index in [9.17, 15) is 0 Å². The van der Waals surface area contributed by atoms with E-state index in [1.165, 1.54) is 0 Å². The summed E-state index contributed by atoms with van der Waals surface area (Å²) in [6.07, 6.45) is 1.67. The van der Waals surface area contributed by atoms with E-state index < -0.39 is 0 Å². The second kappa shape index (κ2) is 8.80. The van der Waals surface area contributed by atoms with Crippen LogP contribution in [-0.4, -0.2) is 30.4 Å². The average Bonchev–Trinajstić information content (AvgIpc) is 2.79. The van der Waals surface area contributed by atoms with E-state index in [0.29, 0.717) is 22.5 Å². The van der Waals surface area contributed by atoms with Crippen molar-refractivity contribution in [1.82, 2.24) is 9.97 Å². The fraction of sp³-hybridized carbons (Fsp3) is 0.0870. The van der Waals surface area contributed by atoms with Crippen molar-refractivity contribution in [3.8, 4) is 22.8 Å². The lowest BCUT2D eigenvalue weighted by atomic mass is 10.1. The Morgan fingerprint density at radius 2 is 1.70 bits per heavy atom. The molecule has 0 atom stereocenters. The van der Waals surface area contributed by atoms with Crippen molar-refractivity contribution in [3.63, 3.8) is 0 Å². The largest absolute Gasteiger partial charge is 0.493 e. The second-order valence-electron chi connectivity index (χ2n) is 6.41. The van der Waals surface area contributed by atoms with Crippen LogP contribution in [0.4, 0.5) is 5.95 Å². The topological polar surface area (TPSA) is 68.6 Å². The molecule has 0 saturated heterocycles. The normalized spacial score (nSPS) is 11.0. The standard InChI is InChI=1S/C23H19ClN4O2/c1-29-20-11-8-15(12-21(20)30-2)14-25-28-23-26-19-10-9-17(24)13-18(19)22(27-23)16-6-4-3-5-7-16/h3-14H,1-2H3,(H,26,27,28). The number of hydrogen-bond donors (Lipinski definition) is 1. The number of hydrogen-bond acceptors (Lipinski definition) is 6. The van der Waals surface area contributed by atoms with Crippen LogP contribution in [0.25, 0.3) is 22.2 Å². The summed E-state index contributed by atoms with van der Waals surface area (Å²) < 4.78 is 10.6. The number of nitrogens with one attached hydrogen (secondary N) is 1. The lowest BCUT2D eigenvalue weighted by Crippen LogP contribution is -2.00. The molecule has 1 N–H and O–H groups in total. The van der Waals surface area contributed by atoms with Crippen molar-refractivity contribution < 1.29 is 9.47 Å². The minimum atomic E-state index is 0.389. The monoisotopic (exact) mass is 418 g/mol. The predicted octanol–water partition coefficient (Wildman–Crippen LogP) is 5.41. The smallest absolute Gasteiger partial charge is 0.244 e. The Balaban J connectivity index is 1.67. The Morgan fingerprint density at radius 1 is 0.900 bits per heavy atom. The fourth-order valence-electron chi connectivity index (χ4n) is 3.06. The SMILES string of the molecule is COc1ccc(C=NNc2nc(-c3ccccc3)c3cc(Cl)ccc3n2)cc1OC. The van der Waals surface area contributed by atoms with Crippen molar-refractivity contribution in [2.75, 3.05) is 19.6 Å². The van der Waals surface area contributed by atoms with E-state index >= 15 is 0 Å². The molecule has 4 rings (SSSR count). The summed E-state index contributed by atoms with van der Waals surface area (Å²) in [6.45, 7) is 0. The number of benzene rings is 3. The van der Waals surface area contributed by atoms with E-state index in [4.69, 9.17) is 21.1 Å². The van der Waals surface area contributed by atoms with Gasteiger partial charge in [-0.1, -0.05) is 41.9 Å². The van der Waals surface area contributed by atoms with Crippen LogP contribution < -0.4 is 14.9 Å². The van der Waals surface area contributed by atoms with Gasteiger partial charge in [0.15, 0.2) is 11.5 Å². The van der Waals surface area contributed by atoms with Crippen LogP contribution in [0.15, 0.2) is 71.8 Å². The number of hydrazone groups is 1. The van der Waals surface area contributed by atoms with Gasteiger partial charge < -0.3 is 9.47 Å². The zero-order chi connectivity index (χ0) is 20.9. The number of rotatable bonds is 6. The Kier molecular flexibility index (Phi) is 5.77. The van der Waals surface area contributed by atoms with Gasteiger partial charge in [-0.25, -0.2) is 15.4 Å². The molecule has 4 aromatic rings. The molecule has 3 aromatic carbocycles. The van der Waals surface area contributed by atoms with Crippen molar-refractivity contribution >= 4 is 34.7 Å². The van der Waals surface area contributed by atoms with Gasteiger partial charge >= 0.3 is 0 Å². The highest BCUT2D eigenvalue weighted by atomic mass is 35.5. The minimum absolute atomic E-state index is 0.389. The molecule has 0 unspecified atom stereocenters. The molecular weight excluding hydrogens is 400 g/mol. The van der Waals surface area contributed by atoms with Crippen LogP contribution in [0.3, 0.4) is 0 Å². The van der Waals surface area contributed by atoms with Crippen molar-refractivity contribution in [2.24, 2.45) is 5.10 Å². The zero-order valence-electron chi connectivity index (χ0n) is 16.5. The number of nitrogens with zero attached hydrogens (tertiary/aromatic N) is 3. The molecule has 0 spiro atoms.